The molecule has 1 heterocycles. The topological polar surface area (TPSA) is 71.2 Å². The number of H-pyrrole nitrogens is 1. The number of aromatic amines is 1. The number of amides is 1. The number of esters is 1. The van der Waals surface area contributed by atoms with Crippen LogP contribution in [0, 0.1) is 0 Å². The highest BCUT2D eigenvalue weighted by atomic mass is 79.9. The molecule has 0 aliphatic rings. The fourth-order valence-corrected chi connectivity index (χ4v) is 3.17. The molecule has 1 aromatic heterocycles. The first-order chi connectivity index (χ1) is 11.5. The largest absolute Gasteiger partial charge is 0.461 e. The molecule has 0 aliphatic heterocycles. The van der Waals surface area contributed by atoms with Crippen molar-refractivity contribution in [2.24, 2.45) is 0 Å². The summed E-state index contributed by atoms with van der Waals surface area (Å²) in [5.74, 6) is -0.658. The van der Waals surface area contributed by atoms with Crippen LogP contribution in [0.2, 0.25) is 0 Å². The molecule has 1 atom stereocenters. The van der Waals surface area contributed by atoms with Crippen LogP contribution in [-0.2, 0) is 9.53 Å². The van der Waals surface area contributed by atoms with Gasteiger partial charge in [0.2, 0.25) is 5.91 Å². The minimum absolute atomic E-state index is 0.171. The van der Waals surface area contributed by atoms with Crippen LogP contribution >= 0.6 is 31.9 Å². The quantitative estimate of drug-likeness (QED) is 0.452. The first-order valence-corrected chi connectivity index (χ1v) is 9.62. The third kappa shape index (κ3) is 4.39. The van der Waals surface area contributed by atoms with Gasteiger partial charge < -0.3 is 15.0 Å². The third-order valence-corrected chi connectivity index (χ3v) is 4.95. The van der Waals surface area contributed by atoms with E-state index in [-0.39, 0.29) is 23.0 Å². The van der Waals surface area contributed by atoms with Gasteiger partial charge in [-0.25, -0.2) is 4.79 Å². The number of hydrogen-bond acceptors (Lipinski definition) is 3. The molecule has 0 fully saturated rings. The van der Waals surface area contributed by atoms with Gasteiger partial charge >= 0.3 is 5.97 Å². The van der Waals surface area contributed by atoms with E-state index in [4.69, 9.17) is 4.74 Å². The minimum atomic E-state index is -0.486. The Hall–Kier alpha value is -1.34. The van der Waals surface area contributed by atoms with Gasteiger partial charge in [-0.3, -0.25) is 4.79 Å². The van der Waals surface area contributed by atoms with Crippen LogP contribution in [0.15, 0.2) is 22.7 Å². The van der Waals surface area contributed by atoms with E-state index in [0.29, 0.717) is 5.69 Å². The maximum absolute atomic E-state index is 12.4. The number of rotatable bonds is 7. The third-order valence-electron chi connectivity index (χ3n) is 3.58. The standard InChI is InChI=1S/C17H20Br2N2O3/c1-3-5-6-12(19)16(22)21-14-11-9-10(18)7-8-13(11)20-15(14)17(23)24-4-2/h7-9,12,20H,3-6H2,1-2H3,(H,21,22)/t12-/m1/s1. The summed E-state index contributed by atoms with van der Waals surface area (Å²) in [6.07, 6.45) is 2.71. The van der Waals surface area contributed by atoms with Crippen molar-refractivity contribution in [1.29, 1.82) is 0 Å². The lowest BCUT2D eigenvalue weighted by atomic mass is 10.2. The predicted molar refractivity (Wildman–Crippen MR) is 103 cm³/mol. The second-order valence-electron chi connectivity index (χ2n) is 5.38. The molecule has 2 N–H and O–H groups in total. The predicted octanol–water partition coefficient (Wildman–Crippen LogP) is 5.00. The Morgan fingerprint density at radius 1 is 1.33 bits per heavy atom. The van der Waals surface area contributed by atoms with Gasteiger partial charge in [-0.1, -0.05) is 51.6 Å². The molecule has 0 bridgehead atoms. The van der Waals surface area contributed by atoms with Gasteiger partial charge in [-0.2, -0.15) is 0 Å². The molecule has 0 saturated heterocycles. The molecule has 1 aromatic carbocycles. The Morgan fingerprint density at radius 2 is 2.08 bits per heavy atom. The van der Waals surface area contributed by atoms with E-state index in [1.807, 2.05) is 18.2 Å². The molecule has 0 radical (unpaired) electrons. The summed E-state index contributed by atoms with van der Waals surface area (Å²) < 4.78 is 5.95. The van der Waals surface area contributed by atoms with Crippen molar-refractivity contribution in [3.05, 3.63) is 28.4 Å². The zero-order chi connectivity index (χ0) is 17.7. The Labute approximate surface area is 157 Å². The number of hydrogen-bond donors (Lipinski definition) is 2. The van der Waals surface area contributed by atoms with E-state index in [9.17, 15) is 9.59 Å². The number of aromatic nitrogens is 1. The van der Waals surface area contributed by atoms with Gasteiger partial charge in [0.1, 0.15) is 5.69 Å². The molecule has 24 heavy (non-hydrogen) atoms. The summed E-state index contributed by atoms with van der Waals surface area (Å²) in [6, 6.07) is 5.58. The molecule has 1 amide bonds. The first kappa shape index (κ1) is 19.0. The smallest absolute Gasteiger partial charge is 0.356 e. The van der Waals surface area contributed by atoms with Crippen molar-refractivity contribution in [3.8, 4) is 0 Å². The Kier molecular flexibility index (Phi) is 6.86. The number of alkyl halides is 1. The summed E-state index contributed by atoms with van der Waals surface area (Å²) in [6.45, 7) is 4.09. The molecule has 0 aliphatic carbocycles. The van der Waals surface area contributed by atoms with Gasteiger partial charge in [0, 0.05) is 15.4 Å². The van der Waals surface area contributed by atoms with Crippen molar-refractivity contribution in [2.75, 3.05) is 11.9 Å². The maximum atomic E-state index is 12.4. The number of carbonyl (C=O) groups is 2. The highest BCUT2D eigenvalue weighted by molar-refractivity contribution is 9.10. The summed E-state index contributed by atoms with van der Waals surface area (Å²) >= 11 is 6.83. The molecule has 7 heteroatoms. The molecular weight excluding hydrogens is 440 g/mol. The van der Waals surface area contributed by atoms with Crippen molar-refractivity contribution >= 4 is 60.3 Å². The molecule has 5 nitrogen and oxygen atoms in total. The van der Waals surface area contributed by atoms with Crippen LogP contribution < -0.4 is 5.32 Å². The zero-order valence-corrected chi connectivity index (χ0v) is 16.8. The number of unbranched alkanes of at least 4 members (excludes halogenated alkanes) is 1. The van der Waals surface area contributed by atoms with E-state index in [0.717, 1.165) is 34.6 Å². The van der Waals surface area contributed by atoms with E-state index in [2.05, 4.69) is 49.1 Å². The first-order valence-electron chi connectivity index (χ1n) is 7.91. The van der Waals surface area contributed by atoms with Crippen molar-refractivity contribution in [3.63, 3.8) is 0 Å². The van der Waals surface area contributed by atoms with Gasteiger partial charge in [-0.15, -0.1) is 0 Å². The monoisotopic (exact) mass is 458 g/mol. The van der Waals surface area contributed by atoms with Crippen LogP contribution in [-0.4, -0.2) is 28.3 Å². The van der Waals surface area contributed by atoms with E-state index in [1.54, 1.807) is 6.92 Å². The Balaban J connectivity index is 2.38. The molecule has 2 rings (SSSR count). The summed E-state index contributed by atoms with van der Waals surface area (Å²) in [4.78, 5) is 27.4. The highest BCUT2D eigenvalue weighted by Crippen LogP contribution is 2.31. The SMILES string of the molecule is CCCC[C@@H](Br)C(=O)Nc1c(C(=O)OCC)[nH]c2ccc(Br)cc12. The number of ether oxygens (including phenoxy) is 1. The number of benzene rings is 1. The highest BCUT2D eigenvalue weighted by Gasteiger charge is 2.23. The molecule has 0 saturated carbocycles. The van der Waals surface area contributed by atoms with Gasteiger partial charge in [0.15, 0.2) is 0 Å². The number of anilines is 1. The van der Waals surface area contributed by atoms with Crippen molar-refractivity contribution in [2.45, 2.75) is 37.9 Å². The van der Waals surface area contributed by atoms with Gasteiger partial charge in [0.05, 0.1) is 17.1 Å². The summed E-state index contributed by atoms with van der Waals surface area (Å²) in [5.41, 5.74) is 1.47. The average Bonchev–Trinajstić information content (AvgIpc) is 2.90. The summed E-state index contributed by atoms with van der Waals surface area (Å²) in [5, 5.41) is 3.63. The molecule has 0 spiro atoms. The van der Waals surface area contributed by atoms with E-state index in [1.165, 1.54) is 0 Å². The zero-order valence-electron chi connectivity index (χ0n) is 13.6. The molecule has 2 aromatic rings. The fraction of sp³-hybridized carbons (Fsp3) is 0.412. The number of nitrogens with one attached hydrogen (secondary N) is 2. The maximum Gasteiger partial charge on any atom is 0.356 e. The number of halogens is 2. The summed E-state index contributed by atoms with van der Waals surface area (Å²) in [7, 11) is 0. The van der Waals surface area contributed by atoms with Crippen LogP contribution in [0.4, 0.5) is 5.69 Å². The molecular formula is C17H20Br2N2O3. The fourth-order valence-electron chi connectivity index (χ4n) is 2.37. The molecule has 130 valence electrons. The number of carbonyl (C=O) groups excluding carboxylic acids is 2. The number of fused-ring (bicyclic) bond motifs is 1. The van der Waals surface area contributed by atoms with E-state index >= 15 is 0 Å². The minimum Gasteiger partial charge on any atom is -0.461 e. The normalized spacial score (nSPS) is 12.2. The molecule has 0 unspecified atom stereocenters. The van der Waals surface area contributed by atoms with Crippen LogP contribution in [0.25, 0.3) is 10.9 Å². The lowest BCUT2D eigenvalue weighted by Gasteiger charge is -2.11. The lowest BCUT2D eigenvalue weighted by Crippen LogP contribution is -2.24. The lowest BCUT2D eigenvalue weighted by molar-refractivity contribution is -0.115. The van der Waals surface area contributed by atoms with E-state index < -0.39 is 5.97 Å². The van der Waals surface area contributed by atoms with Crippen LogP contribution in [0.3, 0.4) is 0 Å². The Morgan fingerprint density at radius 3 is 2.75 bits per heavy atom. The van der Waals surface area contributed by atoms with Crippen LogP contribution in [0.5, 0.6) is 0 Å². The van der Waals surface area contributed by atoms with Gasteiger partial charge in [-0.05, 0) is 31.5 Å². The van der Waals surface area contributed by atoms with Crippen molar-refractivity contribution in [1.82, 2.24) is 4.98 Å². The second-order valence-corrected chi connectivity index (χ2v) is 7.41. The van der Waals surface area contributed by atoms with Crippen molar-refractivity contribution < 1.29 is 14.3 Å². The van der Waals surface area contributed by atoms with Gasteiger partial charge in [0.25, 0.3) is 0 Å². The van der Waals surface area contributed by atoms with Crippen LogP contribution in [0.1, 0.15) is 43.6 Å². The second kappa shape index (κ2) is 8.67. The average molecular weight is 460 g/mol. The Bertz CT molecular complexity index is 743.